The summed E-state index contributed by atoms with van der Waals surface area (Å²) in [4.78, 5) is 10.8. The Labute approximate surface area is 81.4 Å². The second-order valence-corrected chi connectivity index (χ2v) is 10.8. The Kier molecular flexibility index (Phi) is 3.17. The molecule has 0 spiro atoms. The highest BCUT2D eigenvalue weighted by molar-refractivity contribution is 6.77. The average Bonchev–Trinajstić information content (AvgIpc) is 2.03. The van der Waals surface area contributed by atoms with E-state index in [9.17, 15) is 4.79 Å². The molecule has 0 aliphatic heterocycles. The Balaban J connectivity index is 2.57. The van der Waals surface area contributed by atoms with Crippen molar-refractivity contribution in [2.75, 3.05) is 0 Å². The predicted octanol–water partition coefficient (Wildman–Crippen LogP) is 2.97. The molecular weight excluding hydrogens is 180 g/mol. The van der Waals surface area contributed by atoms with Gasteiger partial charge in [0.25, 0.3) is 0 Å². The molecule has 0 saturated heterocycles. The van der Waals surface area contributed by atoms with Crippen molar-refractivity contribution in [2.24, 2.45) is 5.92 Å². The van der Waals surface area contributed by atoms with Gasteiger partial charge in [-0.05, 0) is 18.4 Å². The molecule has 76 valence electrons. The molecule has 0 bridgehead atoms. The first-order valence-corrected chi connectivity index (χ1v) is 8.72. The Hall–Kier alpha value is -0.313. The molecule has 1 saturated carbocycles. The van der Waals surface area contributed by atoms with Gasteiger partial charge in [0.05, 0.1) is 5.92 Å². The molecule has 3 heteroatoms. The SMILES string of the molecule is C[Si](C)(C)[C@@H]1CCC[C@@H](C(=O)O)C1. The summed E-state index contributed by atoms with van der Waals surface area (Å²) in [6, 6.07) is 0. The lowest BCUT2D eigenvalue weighted by Crippen LogP contribution is -2.33. The second-order valence-electron chi connectivity index (χ2n) is 5.26. The molecule has 0 aromatic heterocycles. The van der Waals surface area contributed by atoms with Gasteiger partial charge in [0.15, 0.2) is 0 Å². The van der Waals surface area contributed by atoms with Crippen molar-refractivity contribution in [3.8, 4) is 0 Å². The van der Waals surface area contributed by atoms with Crippen molar-refractivity contribution in [1.29, 1.82) is 0 Å². The third kappa shape index (κ3) is 2.83. The van der Waals surface area contributed by atoms with Crippen molar-refractivity contribution in [3.05, 3.63) is 0 Å². The van der Waals surface area contributed by atoms with E-state index in [0.29, 0.717) is 0 Å². The highest BCUT2D eigenvalue weighted by atomic mass is 28.3. The van der Waals surface area contributed by atoms with E-state index < -0.39 is 14.0 Å². The van der Waals surface area contributed by atoms with E-state index in [-0.39, 0.29) is 5.92 Å². The summed E-state index contributed by atoms with van der Waals surface area (Å²) in [7, 11) is -1.11. The van der Waals surface area contributed by atoms with Crippen LogP contribution in [0.3, 0.4) is 0 Å². The fraction of sp³-hybridized carbons (Fsp3) is 0.900. The van der Waals surface area contributed by atoms with E-state index in [4.69, 9.17) is 5.11 Å². The smallest absolute Gasteiger partial charge is 0.306 e. The molecule has 0 aromatic carbocycles. The van der Waals surface area contributed by atoms with E-state index in [0.717, 1.165) is 24.8 Å². The molecule has 1 aliphatic rings. The molecule has 2 atom stereocenters. The van der Waals surface area contributed by atoms with Crippen LogP contribution < -0.4 is 0 Å². The summed E-state index contributed by atoms with van der Waals surface area (Å²) in [5.41, 5.74) is 0.724. The van der Waals surface area contributed by atoms with Gasteiger partial charge in [-0.2, -0.15) is 0 Å². The first-order chi connectivity index (χ1) is 5.91. The van der Waals surface area contributed by atoms with Gasteiger partial charge in [-0.15, -0.1) is 0 Å². The van der Waals surface area contributed by atoms with Crippen LogP contribution in [0.2, 0.25) is 25.2 Å². The van der Waals surface area contributed by atoms with Gasteiger partial charge >= 0.3 is 5.97 Å². The Bertz CT molecular complexity index is 196. The minimum atomic E-state index is -1.11. The minimum Gasteiger partial charge on any atom is -0.481 e. The number of hydrogen-bond donors (Lipinski definition) is 1. The summed E-state index contributed by atoms with van der Waals surface area (Å²) in [6.45, 7) is 7.05. The van der Waals surface area contributed by atoms with E-state index in [1.54, 1.807) is 0 Å². The van der Waals surface area contributed by atoms with Crippen LogP contribution in [0.15, 0.2) is 0 Å². The monoisotopic (exact) mass is 200 g/mol. The molecule has 1 rings (SSSR count). The number of hydrogen-bond acceptors (Lipinski definition) is 1. The van der Waals surface area contributed by atoms with Crippen molar-refractivity contribution in [2.45, 2.75) is 50.9 Å². The van der Waals surface area contributed by atoms with Crippen LogP contribution in [0.5, 0.6) is 0 Å². The van der Waals surface area contributed by atoms with E-state index >= 15 is 0 Å². The maximum atomic E-state index is 10.8. The summed E-state index contributed by atoms with van der Waals surface area (Å²) in [6.07, 6.45) is 4.22. The fourth-order valence-corrected chi connectivity index (χ4v) is 4.26. The highest BCUT2D eigenvalue weighted by Gasteiger charge is 2.34. The molecule has 0 unspecified atom stereocenters. The molecule has 13 heavy (non-hydrogen) atoms. The number of carboxylic acid groups (broad SMARTS) is 1. The average molecular weight is 200 g/mol. The molecular formula is C10H20O2Si. The van der Waals surface area contributed by atoms with Gasteiger partial charge in [0.1, 0.15) is 0 Å². The standard InChI is InChI=1S/C10H20O2Si/c1-13(2,3)9-6-4-5-8(7-9)10(11)12/h8-9H,4-7H2,1-3H3,(H,11,12)/t8-,9-/m1/s1. The molecule has 0 amide bonds. The van der Waals surface area contributed by atoms with Gasteiger partial charge in [-0.1, -0.05) is 32.5 Å². The lowest BCUT2D eigenvalue weighted by molar-refractivity contribution is -0.142. The zero-order valence-electron chi connectivity index (χ0n) is 8.84. The maximum absolute atomic E-state index is 10.8. The quantitative estimate of drug-likeness (QED) is 0.696. The Morgan fingerprint density at radius 1 is 1.31 bits per heavy atom. The van der Waals surface area contributed by atoms with Crippen LogP contribution in [0.1, 0.15) is 25.7 Å². The van der Waals surface area contributed by atoms with E-state index in [1.807, 2.05) is 0 Å². The molecule has 1 N–H and O–H groups in total. The zero-order valence-corrected chi connectivity index (χ0v) is 9.84. The molecule has 2 nitrogen and oxygen atoms in total. The van der Waals surface area contributed by atoms with Crippen LogP contribution >= 0.6 is 0 Å². The molecule has 0 radical (unpaired) electrons. The van der Waals surface area contributed by atoms with Crippen LogP contribution in [-0.2, 0) is 4.79 Å². The zero-order chi connectivity index (χ0) is 10.1. The van der Waals surface area contributed by atoms with E-state index in [1.165, 1.54) is 6.42 Å². The van der Waals surface area contributed by atoms with Gasteiger partial charge in [0.2, 0.25) is 0 Å². The number of aliphatic carboxylic acids is 1. The molecule has 0 aromatic rings. The van der Waals surface area contributed by atoms with Crippen molar-refractivity contribution >= 4 is 14.0 Å². The minimum absolute atomic E-state index is 0.0505. The normalized spacial score (nSPS) is 30.1. The fourth-order valence-electron chi connectivity index (χ4n) is 2.20. The summed E-state index contributed by atoms with van der Waals surface area (Å²) in [5, 5.41) is 8.94. The van der Waals surface area contributed by atoms with E-state index in [2.05, 4.69) is 19.6 Å². The third-order valence-electron chi connectivity index (χ3n) is 3.25. The Morgan fingerprint density at radius 2 is 1.92 bits per heavy atom. The van der Waals surface area contributed by atoms with Gasteiger partial charge in [-0.3, -0.25) is 4.79 Å². The first kappa shape index (κ1) is 10.8. The summed E-state index contributed by atoms with van der Waals surface area (Å²) >= 11 is 0. The maximum Gasteiger partial charge on any atom is 0.306 e. The molecule has 1 aliphatic carbocycles. The summed E-state index contributed by atoms with van der Waals surface area (Å²) in [5.74, 6) is -0.631. The van der Waals surface area contributed by atoms with Crippen LogP contribution in [0.25, 0.3) is 0 Å². The van der Waals surface area contributed by atoms with Crippen molar-refractivity contribution in [3.63, 3.8) is 0 Å². The van der Waals surface area contributed by atoms with Gasteiger partial charge in [0, 0.05) is 8.07 Å². The van der Waals surface area contributed by atoms with Gasteiger partial charge in [-0.25, -0.2) is 0 Å². The first-order valence-electron chi connectivity index (χ1n) is 5.14. The largest absolute Gasteiger partial charge is 0.481 e. The lowest BCUT2D eigenvalue weighted by Gasteiger charge is -2.34. The lowest BCUT2D eigenvalue weighted by atomic mass is 9.89. The van der Waals surface area contributed by atoms with Crippen LogP contribution in [-0.4, -0.2) is 19.1 Å². The topological polar surface area (TPSA) is 37.3 Å². The summed E-state index contributed by atoms with van der Waals surface area (Å²) < 4.78 is 0. The Morgan fingerprint density at radius 3 is 2.38 bits per heavy atom. The second kappa shape index (κ2) is 3.82. The van der Waals surface area contributed by atoms with Crippen LogP contribution in [0, 0.1) is 5.92 Å². The molecule has 1 fully saturated rings. The highest BCUT2D eigenvalue weighted by Crippen LogP contribution is 2.39. The molecule has 0 heterocycles. The number of carboxylic acids is 1. The van der Waals surface area contributed by atoms with Gasteiger partial charge < -0.3 is 5.11 Å². The predicted molar refractivity (Wildman–Crippen MR) is 56.7 cm³/mol. The number of rotatable bonds is 2. The van der Waals surface area contributed by atoms with Crippen molar-refractivity contribution < 1.29 is 9.90 Å². The third-order valence-corrected chi connectivity index (χ3v) is 6.22. The van der Waals surface area contributed by atoms with Crippen LogP contribution in [0.4, 0.5) is 0 Å². The van der Waals surface area contributed by atoms with Crippen molar-refractivity contribution in [1.82, 2.24) is 0 Å². The number of carbonyl (C=O) groups is 1.